The van der Waals surface area contributed by atoms with Crippen molar-refractivity contribution in [3.05, 3.63) is 52.4 Å². The molecule has 3 rings (SSSR count). The van der Waals surface area contributed by atoms with Crippen molar-refractivity contribution >= 4 is 33.5 Å². The van der Waals surface area contributed by atoms with Gasteiger partial charge in [-0.3, -0.25) is 9.59 Å². The van der Waals surface area contributed by atoms with Crippen LogP contribution >= 0.6 is 11.6 Å². The molecule has 0 unspecified atom stereocenters. The largest absolute Gasteiger partial charge is 0.468 e. The van der Waals surface area contributed by atoms with E-state index < -0.39 is 21.9 Å². The van der Waals surface area contributed by atoms with Gasteiger partial charge in [-0.2, -0.15) is 4.31 Å². The Bertz CT molecular complexity index is 1030. The van der Waals surface area contributed by atoms with E-state index in [1.165, 1.54) is 29.3 Å². The number of aryl methyl sites for hydroxylation is 1. The van der Waals surface area contributed by atoms with Crippen molar-refractivity contribution in [2.45, 2.75) is 31.2 Å². The highest BCUT2D eigenvalue weighted by Crippen LogP contribution is 2.27. The van der Waals surface area contributed by atoms with Gasteiger partial charge in [-0.1, -0.05) is 23.7 Å². The predicted octanol–water partition coefficient (Wildman–Crippen LogP) is 2.84. The summed E-state index contributed by atoms with van der Waals surface area (Å²) in [6, 6.07) is 8.05. The number of hydrogen-bond acceptors (Lipinski definition) is 6. The summed E-state index contributed by atoms with van der Waals surface area (Å²) in [5.41, 5.74) is 0.741. The zero-order valence-electron chi connectivity index (χ0n) is 16.8. The summed E-state index contributed by atoms with van der Waals surface area (Å²) < 4.78 is 37.3. The van der Waals surface area contributed by atoms with Crippen LogP contribution in [0.1, 0.15) is 34.7 Å². The normalized spacial score (nSPS) is 14.6. The first-order chi connectivity index (χ1) is 14.2. The van der Waals surface area contributed by atoms with Crippen molar-refractivity contribution in [2.24, 2.45) is 0 Å². The van der Waals surface area contributed by atoms with E-state index in [9.17, 15) is 18.0 Å². The van der Waals surface area contributed by atoms with E-state index in [0.717, 1.165) is 18.4 Å². The van der Waals surface area contributed by atoms with Crippen LogP contribution in [0.5, 0.6) is 0 Å². The van der Waals surface area contributed by atoms with E-state index in [2.05, 4.69) is 4.74 Å². The van der Waals surface area contributed by atoms with Gasteiger partial charge in [0.15, 0.2) is 5.76 Å². The zero-order chi connectivity index (χ0) is 21.9. The number of nitrogens with zero attached hydrogens (tertiary/aromatic N) is 2. The van der Waals surface area contributed by atoms with Crippen LogP contribution in [0.4, 0.5) is 0 Å². The molecule has 0 bridgehead atoms. The second kappa shape index (κ2) is 9.20. The topological polar surface area (TPSA) is 97.1 Å². The quantitative estimate of drug-likeness (QED) is 0.597. The van der Waals surface area contributed by atoms with E-state index >= 15 is 0 Å². The van der Waals surface area contributed by atoms with Gasteiger partial charge >= 0.3 is 5.97 Å². The van der Waals surface area contributed by atoms with E-state index in [1.807, 2.05) is 0 Å². The lowest BCUT2D eigenvalue weighted by atomic mass is 10.2. The van der Waals surface area contributed by atoms with Gasteiger partial charge in [0.2, 0.25) is 10.0 Å². The van der Waals surface area contributed by atoms with Gasteiger partial charge in [0.1, 0.15) is 17.2 Å². The van der Waals surface area contributed by atoms with E-state index in [4.69, 9.17) is 16.0 Å². The molecule has 0 saturated carbocycles. The SMILES string of the molecule is COC(=O)CN(Cc1ccc(Cl)cc1)C(=O)c1cc(S(=O)(=O)N2CCCC2)c(C)o1. The maximum absolute atomic E-state index is 13.1. The molecule has 0 spiro atoms. The Morgan fingerprint density at radius 3 is 2.43 bits per heavy atom. The van der Waals surface area contributed by atoms with Gasteiger partial charge in [0, 0.05) is 30.7 Å². The van der Waals surface area contributed by atoms with Crippen LogP contribution in [0.25, 0.3) is 0 Å². The Morgan fingerprint density at radius 1 is 1.20 bits per heavy atom. The molecule has 162 valence electrons. The smallest absolute Gasteiger partial charge is 0.325 e. The number of furan rings is 1. The van der Waals surface area contributed by atoms with Crippen molar-refractivity contribution in [3.63, 3.8) is 0 Å². The highest BCUT2D eigenvalue weighted by molar-refractivity contribution is 7.89. The Morgan fingerprint density at radius 2 is 1.83 bits per heavy atom. The molecule has 30 heavy (non-hydrogen) atoms. The molecule has 2 aromatic rings. The lowest BCUT2D eigenvalue weighted by molar-refractivity contribution is -0.141. The molecule has 1 saturated heterocycles. The van der Waals surface area contributed by atoms with Crippen LogP contribution in [0, 0.1) is 6.92 Å². The van der Waals surface area contributed by atoms with Crippen molar-refractivity contribution < 1.29 is 27.2 Å². The number of benzene rings is 1. The maximum atomic E-state index is 13.1. The van der Waals surface area contributed by atoms with Crippen molar-refractivity contribution in [2.75, 3.05) is 26.7 Å². The average molecular weight is 455 g/mol. The number of esters is 1. The van der Waals surface area contributed by atoms with E-state index in [1.54, 1.807) is 24.3 Å². The second-order valence-electron chi connectivity index (χ2n) is 7.01. The average Bonchev–Trinajstić information content (AvgIpc) is 3.39. The molecular formula is C20H23ClN2O6S. The van der Waals surface area contributed by atoms with Gasteiger partial charge in [-0.25, -0.2) is 8.42 Å². The number of ether oxygens (including phenoxy) is 1. The summed E-state index contributed by atoms with van der Waals surface area (Å²) in [5.74, 6) is -1.23. The number of halogens is 1. The number of methoxy groups -OCH3 is 1. The molecule has 2 heterocycles. The monoisotopic (exact) mass is 454 g/mol. The third kappa shape index (κ3) is 4.85. The van der Waals surface area contributed by atoms with Crippen molar-refractivity contribution in [1.82, 2.24) is 9.21 Å². The summed E-state index contributed by atoms with van der Waals surface area (Å²) in [4.78, 5) is 26.1. The van der Waals surface area contributed by atoms with Crippen LogP contribution in [0.2, 0.25) is 5.02 Å². The molecule has 8 nitrogen and oxygen atoms in total. The van der Waals surface area contributed by atoms with Gasteiger partial charge < -0.3 is 14.1 Å². The van der Waals surface area contributed by atoms with Gasteiger partial charge in [-0.05, 0) is 37.5 Å². The molecule has 0 N–H and O–H groups in total. The fourth-order valence-electron chi connectivity index (χ4n) is 3.28. The molecule has 0 aliphatic carbocycles. The molecule has 1 fully saturated rings. The summed E-state index contributed by atoms with van der Waals surface area (Å²) in [6.07, 6.45) is 1.60. The molecule has 1 aromatic carbocycles. The number of amides is 1. The fourth-order valence-corrected chi connectivity index (χ4v) is 5.08. The molecule has 0 atom stereocenters. The third-order valence-corrected chi connectivity index (χ3v) is 7.15. The van der Waals surface area contributed by atoms with Crippen molar-refractivity contribution in [3.8, 4) is 0 Å². The standard InChI is InChI=1S/C20H23ClN2O6S/c1-14-18(30(26,27)23-9-3-4-10-23)11-17(29-14)20(25)22(13-19(24)28-2)12-15-5-7-16(21)8-6-15/h5-8,11H,3-4,9-10,12-13H2,1-2H3. The summed E-state index contributed by atoms with van der Waals surface area (Å²) in [5, 5.41) is 0.544. The molecule has 1 aromatic heterocycles. The first kappa shape index (κ1) is 22.3. The lowest BCUT2D eigenvalue weighted by Crippen LogP contribution is -2.35. The van der Waals surface area contributed by atoms with Gasteiger partial charge in [0.05, 0.1) is 7.11 Å². The number of hydrogen-bond donors (Lipinski definition) is 0. The Labute approximate surface area is 180 Å². The Hall–Kier alpha value is -2.36. The van der Waals surface area contributed by atoms with Crippen LogP contribution < -0.4 is 0 Å². The summed E-state index contributed by atoms with van der Waals surface area (Å²) in [6.45, 7) is 2.18. The molecule has 10 heteroatoms. The lowest BCUT2D eigenvalue weighted by Gasteiger charge is -2.20. The van der Waals surface area contributed by atoms with E-state index in [0.29, 0.717) is 18.1 Å². The van der Waals surface area contributed by atoms with Crippen molar-refractivity contribution in [1.29, 1.82) is 0 Å². The van der Waals surface area contributed by atoms with Crippen LogP contribution in [-0.4, -0.2) is 56.2 Å². The minimum absolute atomic E-state index is 0.0303. The van der Waals surface area contributed by atoms with Gasteiger partial charge in [0.25, 0.3) is 5.91 Å². The first-order valence-electron chi connectivity index (χ1n) is 9.43. The molecular weight excluding hydrogens is 432 g/mol. The minimum atomic E-state index is -3.74. The number of carbonyl (C=O) groups excluding carboxylic acids is 2. The molecule has 1 amide bonds. The molecule has 0 radical (unpaired) electrons. The van der Waals surface area contributed by atoms with Crippen LogP contribution in [0.15, 0.2) is 39.6 Å². The van der Waals surface area contributed by atoms with Crippen LogP contribution in [0.3, 0.4) is 0 Å². The predicted molar refractivity (Wildman–Crippen MR) is 110 cm³/mol. The maximum Gasteiger partial charge on any atom is 0.325 e. The fraction of sp³-hybridized carbons (Fsp3) is 0.400. The second-order valence-corrected chi connectivity index (χ2v) is 9.35. The summed E-state index contributed by atoms with van der Waals surface area (Å²) >= 11 is 5.90. The number of sulfonamides is 1. The third-order valence-electron chi connectivity index (χ3n) is 4.89. The Balaban J connectivity index is 1.88. The first-order valence-corrected chi connectivity index (χ1v) is 11.3. The molecule has 1 aliphatic rings. The van der Waals surface area contributed by atoms with Crippen LogP contribution in [-0.2, 0) is 26.1 Å². The highest BCUT2D eigenvalue weighted by atomic mass is 35.5. The zero-order valence-corrected chi connectivity index (χ0v) is 18.3. The number of carbonyl (C=O) groups is 2. The van der Waals surface area contributed by atoms with Gasteiger partial charge in [-0.15, -0.1) is 0 Å². The Kier molecular flexibility index (Phi) is 6.84. The summed E-state index contributed by atoms with van der Waals surface area (Å²) in [7, 11) is -2.51. The minimum Gasteiger partial charge on any atom is -0.468 e. The number of rotatable bonds is 7. The van der Waals surface area contributed by atoms with E-state index in [-0.39, 0.29) is 29.5 Å². The highest BCUT2D eigenvalue weighted by Gasteiger charge is 2.33. The molecule has 1 aliphatic heterocycles.